The Bertz CT molecular complexity index is 787. The lowest BCUT2D eigenvalue weighted by atomic mass is 10.1. The number of hydrogen-bond acceptors (Lipinski definition) is 5. The fraction of sp³-hybridized carbons (Fsp3) is 0.455. The Labute approximate surface area is 167 Å². The number of anilines is 1. The van der Waals surface area contributed by atoms with Crippen LogP contribution in [0.4, 0.5) is 5.82 Å². The molecule has 0 bridgehead atoms. The number of carbonyl (C=O) groups is 1. The number of ether oxygens (including phenoxy) is 1. The van der Waals surface area contributed by atoms with Crippen LogP contribution in [0.5, 0.6) is 5.75 Å². The molecule has 6 heteroatoms. The molecule has 0 aliphatic carbocycles. The zero-order chi connectivity index (χ0) is 20.7. The SMILES string of the molecule is CCOc1ccccc1C(=O)N(CC)CCN(C)c1cccc(C(C)(C)O)n1. The van der Waals surface area contributed by atoms with Crippen LogP contribution in [-0.4, -0.2) is 54.2 Å². The van der Waals surface area contributed by atoms with Crippen LogP contribution in [0.3, 0.4) is 0 Å². The molecule has 1 heterocycles. The highest BCUT2D eigenvalue weighted by atomic mass is 16.5. The molecular weight excluding hydrogens is 354 g/mol. The molecule has 1 N–H and O–H groups in total. The molecule has 0 atom stereocenters. The van der Waals surface area contributed by atoms with Gasteiger partial charge in [-0.05, 0) is 52.0 Å². The third-order valence-corrected chi connectivity index (χ3v) is 4.54. The summed E-state index contributed by atoms with van der Waals surface area (Å²) >= 11 is 0. The summed E-state index contributed by atoms with van der Waals surface area (Å²) in [6, 6.07) is 12.9. The first-order chi connectivity index (χ1) is 13.3. The van der Waals surface area contributed by atoms with Crippen LogP contribution in [0.1, 0.15) is 43.7 Å². The maximum absolute atomic E-state index is 13.0. The van der Waals surface area contributed by atoms with Gasteiger partial charge in [0.2, 0.25) is 0 Å². The fourth-order valence-electron chi connectivity index (χ4n) is 2.86. The van der Waals surface area contributed by atoms with E-state index in [1.165, 1.54) is 0 Å². The zero-order valence-electron chi connectivity index (χ0n) is 17.5. The van der Waals surface area contributed by atoms with Gasteiger partial charge in [-0.15, -0.1) is 0 Å². The summed E-state index contributed by atoms with van der Waals surface area (Å²) in [7, 11) is 1.93. The number of pyridine rings is 1. The lowest BCUT2D eigenvalue weighted by Gasteiger charge is -2.27. The molecular formula is C22H31N3O3. The number of para-hydroxylation sites is 1. The van der Waals surface area contributed by atoms with Gasteiger partial charge in [0.25, 0.3) is 5.91 Å². The molecule has 0 fully saturated rings. The number of likely N-dealkylation sites (N-methyl/N-ethyl adjacent to an activating group) is 2. The monoisotopic (exact) mass is 385 g/mol. The first-order valence-corrected chi connectivity index (χ1v) is 9.70. The molecule has 1 aromatic heterocycles. The Hall–Kier alpha value is -2.60. The molecule has 1 amide bonds. The van der Waals surface area contributed by atoms with E-state index >= 15 is 0 Å². The number of hydrogen-bond donors (Lipinski definition) is 1. The van der Waals surface area contributed by atoms with Gasteiger partial charge in [0.05, 0.1) is 17.9 Å². The Morgan fingerprint density at radius 3 is 2.46 bits per heavy atom. The zero-order valence-corrected chi connectivity index (χ0v) is 17.5. The van der Waals surface area contributed by atoms with E-state index in [0.717, 1.165) is 5.82 Å². The highest BCUT2D eigenvalue weighted by Crippen LogP contribution is 2.21. The fourth-order valence-corrected chi connectivity index (χ4v) is 2.86. The van der Waals surface area contributed by atoms with Crippen LogP contribution >= 0.6 is 0 Å². The van der Waals surface area contributed by atoms with E-state index < -0.39 is 5.60 Å². The minimum Gasteiger partial charge on any atom is -0.493 e. The third-order valence-electron chi connectivity index (χ3n) is 4.54. The van der Waals surface area contributed by atoms with E-state index in [0.29, 0.717) is 43.2 Å². The van der Waals surface area contributed by atoms with Crippen molar-refractivity contribution < 1.29 is 14.6 Å². The van der Waals surface area contributed by atoms with Crippen molar-refractivity contribution in [3.8, 4) is 5.75 Å². The molecule has 0 radical (unpaired) electrons. The van der Waals surface area contributed by atoms with Crippen LogP contribution in [0.15, 0.2) is 42.5 Å². The van der Waals surface area contributed by atoms with Crippen LogP contribution in [0.25, 0.3) is 0 Å². The molecule has 0 unspecified atom stereocenters. The maximum Gasteiger partial charge on any atom is 0.257 e. The molecule has 2 aromatic rings. The molecule has 1 aromatic carbocycles. The number of benzene rings is 1. The molecule has 0 aliphatic heterocycles. The van der Waals surface area contributed by atoms with E-state index in [1.807, 2.05) is 62.2 Å². The summed E-state index contributed by atoms with van der Waals surface area (Å²) in [5, 5.41) is 10.2. The maximum atomic E-state index is 13.0. The second-order valence-electron chi connectivity index (χ2n) is 7.18. The van der Waals surface area contributed by atoms with Gasteiger partial charge in [0, 0.05) is 26.7 Å². The van der Waals surface area contributed by atoms with Crippen LogP contribution in [-0.2, 0) is 5.60 Å². The molecule has 2 rings (SSSR count). The van der Waals surface area contributed by atoms with Gasteiger partial charge in [-0.3, -0.25) is 4.79 Å². The van der Waals surface area contributed by atoms with Crippen molar-refractivity contribution in [2.75, 3.05) is 38.2 Å². The van der Waals surface area contributed by atoms with Crippen molar-refractivity contribution in [3.63, 3.8) is 0 Å². The summed E-state index contributed by atoms with van der Waals surface area (Å²) < 4.78 is 5.60. The topological polar surface area (TPSA) is 65.9 Å². The normalized spacial score (nSPS) is 11.2. The second kappa shape index (κ2) is 9.55. The van der Waals surface area contributed by atoms with E-state index in [2.05, 4.69) is 4.98 Å². The van der Waals surface area contributed by atoms with Gasteiger partial charge in [0.1, 0.15) is 17.2 Å². The molecule has 152 valence electrons. The van der Waals surface area contributed by atoms with Crippen molar-refractivity contribution in [2.24, 2.45) is 0 Å². The predicted octanol–water partition coefficient (Wildman–Crippen LogP) is 3.31. The van der Waals surface area contributed by atoms with Crippen molar-refractivity contribution in [1.82, 2.24) is 9.88 Å². The molecule has 6 nitrogen and oxygen atoms in total. The van der Waals surface area contributed by atoms with E-state index in [9.17, 15) is 9.90 Å². The van der Waals surface area contributed by atoms with Gasteiger partial charge in [0.15, 0.2) is 0 Å². The van der Waals surface area contributed by atoms with Crippen molar-refractivity contribution in [3.05, 3.63) is 53.7 Å². The second-order valence-corrected chi connectivity index (χ2v) is 7.18. The Morgan fingerprint density at radius 2 is 1.82 bits per heavy atom. The molecule has 0 aliphatic rings. The Balaban J connectivity index is 2.09. The number of carbonyl (C=O) groups excluding carboxylic acids is 1. The number of rotatable bonds is 9. The van der Waals surface area contributed by atoms with Gasteiger partial charge < -0.3 is 19.6 Å². The minimum absolute atomic E-state index is 0.0434. The third kappa shape index (κ3) is 5.45. The summed E-state index contributed by atoms with van der Waals surface area (Å²) in [4.78, 5) is 21.3. The number of amides is 1. The van der Waals surface area contributed by atoms with Crippen molar-refractivity contribution in [2.45, 2.75) is 33.3 Å². The quantitative estimate of drug-likeness (QED) is 0.717. The molecule has 0 saturated heterocycles. The predicted molar refractivity (Wildman–Crippen MR) is 112 cm³/mol. The summed E-state index contributed by atoms with van der Waals surface area (Å²) in [5.74, 6) is 1.33. The van der Waals surface area contributed by atoms with Gasteiger partial charge in [-0.1, -0.05) is 18.2 Å². The lowest BCUT2D eigenvalue weighted by Crippen LogP contribution is -2.38. The van der Waals surface area contributed by atoms with E-state index in [-0.39, 0.29) is 5.91 Å². The summed E-state index contributed by atoms with van der Waals surface area (Å²) in [6.07, 6.45) is 0. The molecule has 28 heavy (non-hydrogen) atoms. The van der Waals surface area contributed by atoms with Crippen LogP contribution < -0.4 is 9.64 Å². The van der Waals surface area contributed by atoms with Crippen molar-refractivity contribution >= 4 is 11.7 Å². The highest BCUT2D eigenvalue weighted by Gasteiger charge is 2.20. The standard InChI is InChI=1S/C22H31N3O3/c1-6-25(21(26)17-11-8-9-12-18(17)28-7-2)16-15-24(5)20-14-10-13-19(23-20)22(3,4)27/h8-14,27H,6-7,15-16H2,1-5H3. The smallest absolute Gasteiger partial charge is 0.257 e. The largest absolute Gasteiger partial charge is 0.493 e. The average molecular weight is 386 g/mol. The van der Waals surface area contributed by atoms with E-state index in [4.69, 9.17) is 4.74 Å². The number of nitrogens with zero attached hydrogens (tertiary/aromatic N) is 3. The lowest BCUT2D eigenvalue weighted by molar-refractivity contribution is 0.0739. The molecule has 0 saturated carbocycles. The van der Waals surface area contributed by atoms with Gasteiger partial charge >= 0.3 is 0 Å². The number of aromatic nitrogens is 1. The first-order valence-electron chi connectivity index (χ1n) is 9.70. The minimum atomic E-state index is -0.995. The average Bonchev–Trinajstić information content (AvgIpc) is 2.68. The van der Waals surface area contributed by atoms with Crippen LogP contribution in [0.2, 0.25) is 0 Å². The Morgan fingerprint density at radius 1 is 1.11 bits per heavy atom. The van der Waals surface area contributed by atoms with Crippen molar-refractivity contribution in [1.29, 1.82) is 0 Å². The Kier molecular flexibility index (Phi) is 7.40. The highest BCUT2D eigenvalue weighted by molar-refractivity contribution is 5.97. The molecule has 0 spiro atoms. The number of aliphatic hydroxyl groups is 1. The first kappa shape index (κ1) is 21.7. The van der Waals surface area contributed by atoms with Gasteiger partial charge in [-0.2, -0.15) is 0 Å². The summed E-state index contributed by atoms with van der Waals surface area (Å²) in [6.45, 7) is 9.60. The van der Waals surface area contributed by atoms with E-state index in [1.54, 1.807) is 24.8 Å². The van der Waals surface area contributed by atoms with Crippen LogP contribution in [0, 0.1) is 0 Å². The summed E-state index contributed by atoms with van der Waals surface area (Å²) in [5.41, 5.74) is 0.201. The van der Waals surface area contributed by atoms with Gasteiger partial charge in [-0.25, -0.2) is 4.98 Å².